The minimum absolute atomic E-state index is 0.104. The average molecular weight is 358 g/mol. The molecule has 0 spiro atoms. The van der Waals surface area contributed by atoms with E-state index in [0.717, 1.165) is 19.3 Å². The fourth-order valence-electron chi connectivity index (χ4n) is 1.82. The van der Waals surface area contributed by atoms with Crippen molar-refractivity contribution in [2.75, 3.05) is 7.11 Å². The van der Waals surface area contributed by atoms with E-state index < -0.39 is 0 Å². The van der Waals surface area contributed by atoms with Gasteiger partial charge in [-0.3, -0.25) is 4.79 Å². The summed E-state index contributed by atoms with van der Waals surface area (Å²) in [6, 6.07) is 0. The molecule has 0 N–H and O–H groups in total. The summed E-state index contributed by atoms with van der Waals surface area (Å²) >= 11 is 6.88. The molecule has 0 radical (unpaired) electrons. The van der Waals surface area contributed by atoms with Crippen molar-refractivity contribution in [3.8, 4) is 0 Å². The van der Waals surface area contributed by atoms with Crippen molar-refractivity contribution < 1.29 is 9.53 Å². The second-order valence-corrected chi connectivity index (χ2v) is 7.90. The fraction of sp³-hybridized carbons (Fsp3) is 0.917. The number of unbranched alkanes of at least 4 members (excludes halogenated alkanes) is 3. The molecule has 0 aromatic carbocycles. The van der Waals surface area contributed by atoms with E-state index in [1.54, 1.807) is 0 Å². The number of halogens is 2. The van der Waals surface area contributed by atoms with Crippen LogP contribution in [0.1, 0.15) is 52.4 Å². The Morgan fingerprint density at radius 3 is 2.38 bits per heavy atom. The summed E-state index contributed by atoms with van der Waals surface area (Å²) in [6.45, 7) is 4.17. The monoisotopic (exact) mass is 356 g/mol. The van der Waals surface area contributed by atoms with Crippen LogP contribution in [0.15, 0.2) is 0 Å². The standard InChI is InChI=1S/C12H22Br2O2/c1-4-5-6-7-8-12(2,9-10(13)14)11(15)16-3/h10H,4-9H2,1-3H3. The number of esters is 1. The Balaban J connectivity index is 4.25. The van der Waals surface area contributed by atoms with Gasteiger partial charge in [0, 0.05) is 0 Å². The highest BCUT2D eigenvalue weighted by molar-refractivity contribution is 9.24. The van der Waals surface area contributed by atoms with Gasteiger partial charge >= 0.3 is 5.97 Å². The predicted octanol–water partition coefficient (Wildman–Crippen LogP) is 4.64. The van der Waals surface area contributed by atoms with Crippen LogP contribution in [0.3, 0.4) is 0 Å². The van der Waals surface area contributed by atoms with Gasteiger partial charge in [-0.2, -0.15) is 0 Å². The summed E-state index contributed by atoms with van der Waals surface area (Å²) in [5, 5.41) is 0. The molecule has 0 fully saturated rings. The van der Waals surface area contributed by atoms with Crippen molar-refractivity contribution in [2.45, 2.75) is 56.1 Å². The van der Waals surface area contributed by atoms with Crippen LogP contribution in [-0.2, 0) is 9.53 Å². The van der Waals surface area contributed by atoms with E-state index >= 15 is 0 Å². The van der Waals surface area contributed by atoms with Crippen molar-refractivity contribution in [2.24, 2.45) is 5.41 Å². The fourth-order valence-corrected chi connectivity index (χ4v) is 3.25. The van der Waals surface area contributed by atoms with Gasteiger partial charge in [-0.05, 0) is 19.8 Å². The number of ether oxygens (including phenoxy) is 1. The van der Waals surface area contributed by atoms with Gasteiger partial charge in [0.05, 0.1) is 16.3 Å². The van der Waals surface area contributed by atoms with E-state index in [1.165, 1.54) is 26.4 Å². The summed E-state index contributed by atoms with van der Waals surface area (Å²) < 4.78 is 5.05. The van der Waals surface area contributed by atoms with E-state index in [9.17, 15) is 4.79 Å². The summed E-state index contributed by atoms with van der Waals surface area (Å²) in [4.78, 5) is 11.8. The molecule has 0 aromatic rings. The van der Waals surface area contributed by atoms with Crippen molar-refractivity contribution in [1.82, 2.24) is 0 Å². The molecule has 2 nitrogen and oxygen atoms in total. The highest BCUT2D eigenvalue weighted by Crippen LogP contribution is 2.35. The SMILES string of the molecule is CCCCCCC(C)(CC(Br)Br)C(=O)OC. The molecule has 0 amide bonds. The lowest BCUT2D eigenvalue weighted by atomic mass is 9.82. The molecule has 0 heterocycles. The highest BCUT2D eigenvalue weighted by atomic mass is 79.9. The molecule has 1 unspecified atom stereocenters. The Bertz CT molecular complexity index is 207. The van der Waals surface area contributed by atoms with E-state index in [1.807, 2.05) is 6.92 Å². The number of hydrogen-bond acceptors (Lipinski definition) is 2. The second-order valence-electron chi connectivity index (χ2n) is 4.46. The zero-order valence-electron chi connectivity index (χ0n) is 10.4. The number of methoxy groups -OCH3 is 1. The lowest BCUT2D eigenvalue weighted by Crippen LogP contribution is -2.30. The lowest BCUT2D eigenvalue weighted by Gasteiger charge is -2.27. The number of alkyl halides is 2. The molecule has 0 saturated heterocycles. The highest BCUT2D eigenvalue weighted by Gasteiger charge is 2.35. The number of carbonyl (C=O) groups is 1. The number of hydrogen-bond donors (Lipinski definition) is 0. The molecule has 96 valence electrons. The van der Waals surface area contributed by atoms with E-state index in [2.05, 4.69) is 38.8 Å². The second kappa shape index (κ2) is 8.51. The molecule has 0 aromatic heterocycles. The first kappa shape index (κ1) is 16.4. The third kappa shape index (κ3) is 6.24. The van der Waals surface area contributed by atoms with Crippen molar-refractivity contribution >= 4 is 37.8 Å². The molecule has 0 aliphatic rings. The maximum absolute atomic E-state index is 11.8. The lowest BCUT2D eigenvalue weighted by molar-refractivity contribution is -0.152. The van der Waals surface area contributed by atoms with Crippen molar-refractivity contribution in [3.05, 3.63) is 0 Å². The average Bonchev–Trinajstić information content (AvgIpc) is 2.22. The maximum atomic E-state index is 11.8. The molecule has 0 bridgehead atoms. The van der Waals surface area contributed by atoms with Gasteiger partial charge in [0.25, 0.3) is 0 Å². The van der Waals surface area contributed by atoms with Crippen LogP contribution in [0.25, 0.3) is 0 Å². The van der Waals surface area contributed by atoms with Gasteiger partial charge < -0.3 is 4.74 Å². The van der Waals surface area contributed by atoms with E-state index in [-0.39, 0.29) is 15.1 Å². The van der Waals surface area contributed by atoms with Crippen LogP contribution >= 0.6 is 31.9 Å². The van der Waals surface area contributed by atoms with Gasteiger partial charge in [-0.25, -0.2) is 0 Å². The van der Waals surface area contributed by atoms with Gasteiger partial charge in [-0.1, -0.05) is 64.5 Å². The van der Waals surface area contributed by atoms with Crippen molar-refractivity contribution in [1.29, 1.82) is 0 Å². The zero-order valence-corrected chi connectivity index (χ0v) is 13.6. The molecular formula is C12H22Br2O2. The summed E-state index contributed by atoms with van der Waals surface area (Å²) in [6.07, 6.45) is 6.39. The first-order chi connectivity index (χ1) is 7.46. The number of carbonyl (C=O) groups excluding carboxylic acids is 1. The Morgan fingerprint density at radius 2 is 1.94 bits per heavy atom. The Morgan fingerprint density at radius 1 is 1.31 bits per heavy atom. The first-order valence-corrected chi connectivity index (χ1v) is 7.66. The van der Waals surface area contributed by atoms with Crippen LogP contribution in [0.4, 0.5) is 0 Å². The van der Waals surface area contributed by atoms with Crippen LogP contribution in [0.5, 0.6) is 0 Å². The summed E-state index contributed by atoms with van der Waals surface area (Å²) in [5.74, 6) is -0.104. The first-order valence-electron chi connectivity index (χ1n) is 5.83. The molecular weight excluding hydrogens is 336 g/mol. The largest absolute Gasteiger partial charge is 0.469 e. The molecule has 16 heavy (non-hydrogen) atoms. The third-order valence-electron chi connectivity index (χ3n) is 2.87. The maximum Gasteiger partial charge on any atom is 0.311 e. The van der Waals surface area contributed by atoms with Gasteiger partial charge in [-0.15, -0.1) is 0 Å². The molecule has 0 aliphatic carbocycles. The quantitative estimate of drug-likeness (QED) is 0.359. The Hall–Kier alpha value is 0.430. The molecule has 0 saturated carbocycles. The normalized spacial score (nSPS) is 14.9. The van der Waals surface area contributed by atoms with E-state index in [0.29, 0.717) is 0 Å². The molecule has 4 heteroatoms. The topological polar surface area (TPSA) is 26.3 Å². The van der Waals surface area contributed by atoms with Crippen LogP contribution in [0, 0.1) is 5.41 Å². The Labute approximate surface area is 116 Å². The summed E-state index contributed by atoms with van der Waals surface area (Å²) in [5.41, 5.74) is -0.375. The van der Waals surface area contributed by atoms with Gasteiger partial charge in [0.15, 0.2) is 0 Å². The molecule has 0 aliphatic heterocycles. The summed E-state index contributed by atoms with van der Waals surface area (Å²) in [7, 11) is 1.46. The third-order valence-corrected chi connectivity index (χ3v) is 3.51. The zero-order chi connectivity index (χ0) is 12.6. The number of rotatable bonds is 8. The van der Waals surface area contributed by atoms with Crippen molar-refractivity contribution in [3.63, 3.8) is 0 Å². The van der Waals surface area contributed by atoms with Crippen LogP contribution in [-0.4, -0.2) is 16.8 Å². The Kier molecular flexibility index (Phi) is 8.74. The van der Waals surface area contributed by atoms with Gasteiger partial charge in [0.1, 0.15) is 0 Å². The minimum Gasteiger partial charge on any atom is -0.469 e. The van der Waals surface area contributed by atoms with Crippen LogP contribution in [0.2, 0.25) is 0 Å². The predicted molar refractivity (Wildman–Crippen MR) is 75.1 cm³/mol. The molecule has 1 atom stereocenters. The van der Waals surface area contributed by atoms with E-state index in [4.69, 9.17) is 4.74 Å². The van der Waals surface area contributed by atoms with Crippen LogP contribution < -0.4 is 0 Å². The molecule has 0 rings (SSSR count). The van der Waals surface area contributed by atoms with Gasteiger partial charge in [0.2, 0.25) is 0 Å². The minimum atomic E-state index is -0.375. The smallest absolute Gasteiger partial charge is 0.311 e.